The van der Waals surface area contributed by atoms with Gasteiger partial charge in [0.25, 0.3) is 0 Å². The molecule has 1 aliphatic rings. The molecule has 0 bridgehead atoms. The largest absolute Gasteiger partial charge is 0.457 e. The van der Waals surface area contributed by atoms with Crippen LogP contribution in [0.4, 0.5) is 5.69 Å². The molecular formula is C25H23NO2. The lowest BCUT2D eigenvalue weighted by atomic mass is 9.83. The van der Waals surface area contributed by atoms with E-state index >= 15 is 0 Å². The summed E-state index contributed by atoms with van der Waals surface area (Å²) in [6.45, 7) is 4.32. The van der Waals surface area contributed by atoms with Crippen molar-refractivity contribution >= 4 is 11.5 Å². The molecule has 0 unspecified atom stereocenters. The van der Waals surface area contributed by atoms with Gasteiger partial charge in [0, 0.05) is 35.5 Å². The van der Waals surface area contributed by atoms with Gasteiger partial charge >= 0.3 is 0 Å². The number of anilines is 1. The predicted molar refractivity (Wildman–Crippen MR) is 113 cm³/mol. The fourth-order valence-corrected chi connectivity index (χ4v) is 3.78. The minimum atomic E-state index is -0.211. The number of hydrogen-bond acceptors (Lipinski definition) is 3. The van der Waals surface area contributed by atoms with Crippen molar-refractivity contribution in [1.29, 1.82) is 0 Å². The zero-order chi connectivity index (χ0) is 19.7. The number of benzene rings is 3. The van der Waals surface area contributed by atoms with Crippen molar-refractivity contribution in [3.8, 4) is 11.5 Å². The van der Waals surface area contributed by atoms with Crippen LogP contribution < -0.4 is 9.64 Å². The van der Waals surface area contributed by atoms with Gasteiger partial charge < -0.3 is 9.64 Å². The van der Waals surface area contributed by atoms with Crippen LogP contribution in [0.15, 0.2) is 90.6 Å². The van der Waals surface area contributed by atoms with Crippen LogP contribution in [-0.4, -0.2) is 12.8 Å². The lowest BCUT2D eigenvalue weighted by Crippen LogP contribution is -2.24. The molecule has 0 fully saturated rings. The molecule has 1 heterocycles. The Morgan fingerprint density at radius 1 is 0.857 bits per heavy atom. The normalized spacial score (nSPS) is 16.1. The molecule has 140 valence electrons. The van der Waals surface area contributed by atoms with Gasteiger partial charge in [-0.2, -0.15) is 0 Å². The van der Waals surface area contributed by atoms with Crippen molar-refractivity contribution in [2.24, 2.45) is 0 Å². The van der Waals surface area contributed by atoms with Crippen LogP contribution in [0.3, 0.4) is 0 Å². The Bertz CT molecular complexity index is 1030. The van der Waals surface area contributed by atoms with E-state index in [0.29, 0.717) is 11.3 Å². The van der Waals surface area contributed by atoms with Crippen LogP contribution in [0, 0.1) is 0 Å². The van der Waals surface area contributed by atoms with Gasteiger partial charge in [0.1, 0.15) is 11.5 Å². The minimum Gasteiger partial charge on any atom is -0.457 e. The third-order valence-electron chi connectivity index (χ3n) is 5.33. The number of nitrogens with zero attached hydrogens (tertiary/aromatic N) is 1. The summed E-state index contributed by atoms with van der Waals surface area (Å²) in [5, 5.41) is 0. The van der Waals surface area contributed by atoms with Crippen molar-refractivity contribution in [3.63, 3.8) is 0 Å². The van der Waals surface area contributed by atoms with E-state index in [4.69, 9.17) is 4.74 Å². The molecule has 0 N–H and O–H groups in total. The van der Waals surface area contributed by atoms with Crippen molar-refractivity contribution in [2.75, 3.05) is 11.9 Å². The molecule has 0 saturated heterocycles. The topological polar surface area (TPSA) is 29.5 Å². The molecule has 3 heteroatoms. The second-order valence-electron chi connectivity index (χ2n) is 7.53. The zero-order valence-electron chi connectivity index (χ0n) is 16.3. The maximum Gasteiger partial charge on any atom is 0.187 e. The zero-order valence-corrected chi connectivity index (χ0v) is 16.3. The van der Waals surface area contributed by atoms with Crippen molar-refractivity contribution in [2.45, 2.75) is 19.3 Å². The van der Waals surface area contributed by atoms with E-state index in [1.165, 1.54) is 5.56 Å². The van der Waals surface area contributed by atoms with Crippen molar-refractivity contribution < 1.29 is 9.53 Å². The van der Waals surface area contributed by atoms with E-state index in [0.717, 1.165) is 17.1 Å². The summed E-state index contributed by atoms with van der Waals surface area (Å²) in [5.74, 6) is 1.48. The summed E-state index contributed by atoms with van der Waals surface area (Å²) in [4.78, 5) is 15.0. The third kappa shape index (κ3) is 3.20. The first-order chi connectivity index (χ1) is 13.5. The van der Waals surface area contributed by atoms with Gasteiger partial charge in [-0.3, -0.25) is 4.79 Å². The number of fused-ring (bicyclic) bond motifs is 1. The van der Waals surface area contributed by atoms with Crippen LogP contribution in [0.25, 0.3) is 0 Å². The van der Waals surface area contributed by atoms with E-state index in [9.17, 15) is 4.79 Å². The summed E-state index contributed by atoms with van der Waals surface area (Å²) < 4.78 is 5.80. The molecule has 3 aromatic rings. The monoisotopic (exact) mass is 369 g/mol. The highest BCUT2D eigenvalue weighted by molar-refractivity contribution is 6.05. The van der Waals surface area contributed by atoms with Gasteiger partial charge in [-0.15, -0.1) is 0 Å². The SMILES string of the molecule is CN1/C(=C\C(=O)c2ccc(Oc3ccccc3)cc2)C(C)(C)c2ccccc21. The smallest absolute Gasteiger partial charge is 0.187 e. The van der Waals surface area contributed by atoms with Gasteiger partial charge in [0.15, 0.2) is 5.78 Å². The number of carbonyl (C=O) groups is 1. The standard InChI is InChI=1S/C25H23NO2/c1-25(2)21-11-7-8-12-22(21)26(3)24(25)17-23(27)18-13-15-20(16-14-18)28-19-9-5-4-6-10-19/h4-17H,1-3H3/b24-17-. The lowest BCUT2D eigenvalue weighted by molar-refractivity contribution is 0.104. The van der Waals surface area contributed by atoms with Gasteiger partial charge in [0.05, 0.1) is 0 Å². The number of allylic oxidation sites excluding steroid dienone is 2. The Hall–Kier alpha value is -3.33. The number of hydrogen-bond donors (Lipinski definition) is 0. The summed E-state index contributed by atoms with van der Waals surface area (Å²) in [6, 6.07) is 25.2. The highest BCUT2D eigenvalue weighted by Gasteiger charge is 2.38. The molecule has 3 aromatic carbocycles. The quantitative estimate of drug-likeness (QED) is 0.419. The van der Waals surface area contributed by atoms with Crippen molar-refractivity contribution in [3.05, 3.63) is 102 Å². The van der Waals surface area contributed by atoms with Crippen LogP contribution in [0.5, 0.6) is 11.5 Å². The van der Waals surface area contributed by atoms with Gasteiger partial charge in [-0.05, 0) is 48.0 Å². The maximum absolute atomic E-state index is 12.9. The third-order valence-corrected chi connectivity index (χ3v) is 5.33. The Morgan fingerprint density at radius 2 is 1.46 bits per heavy atom. The van der Waals surface area contributed by atoms with Crippen LogP contribution >= 0.6 is 0 Å². The Morgan fingerprint density at radius 3 is 2.14 bits per heavy atom. The van der Waals surface area contributed by atoms with Gasteiger partial charge in [-0.25, -0.2) is 0 Å². The Balaban J connectivity index is 1.57. The summed E-state index contributed by atoms with van der Waals surface area (Å²) in [6.07, 6.45) is 1.76. The fourth-order valence-electron chi connectivity index (χ4n) is 3.78. The molecule has 0 amide bonds. The molecule has 28 heavy (non-hydrogen) atoms. The minimum absolute atomic E-state index is 0.00556. The number of rotatable bonds is 4. The average molecular weight is 369 g/mol. The molecule has 4 rings (SSSR count). The first-order valence-corrected chi connectivity index (χ1v) is 9.39. The highest BCUT2D eigenvalue weighted by Crippen LogP contribution is 2.46. The van der Waals surface area contributed by atoms with E-state index in [2.05, 4.69) is 30.9 Å². The van der Waals surface area contributed by atoms with Crippen LogP contribution in [0.1, 0.15) is 29.8 Å². The number of likely N-dealkylation sites (N-methyl/N-ethyl adjacent to an activating group) is 1. The molecule has 0 radical (unpaired) electrons. The van der Waals surface area contributed by atoms with Gasteiger partial charge in [-0.1, -0.05) is 50.2 Å². The Labute approximate surface area is 165 Å². The second-order valence-corrected chi connectivity index (χ2v) is 7.53. The van der Waals surface area contributed by atoms with E-state index < -0.39 is 0 Å². The molecule has 0 spiro atoms. The first kappa shape index (κ1) is 18.1. The Kier molecular flexibility index (Phi) is 4.52. The molecule has 0 atom stereocenters. The van der Waals surface area contributed by atoms with E-state index in [-0.39, 0.29) is 11.2 Å². The average Bonchev–Trinajstić information content (AvgIpc) is 2.90. The molecule has 0 aliphatic carbocycles. The molecule has 1 aliphatic heterocycles. The van der Waals surface area contributed by atoms with Crippen LogP contribution in [0.2, 0.25) is 0 Å². The predicted octanol–water partition coefficient (Wildman–Crippen LogP) is 5.97. The van der Waals surface area contributed by atoms with E-state index in [1.807, 2.05) is 73.8 Å². The number of para-hydroxylation sites is 2. The number of ketones is 1. The first-order valence-electron chi connectivity index (χ1n) is 9.39. The fraction of sp³-hybridized carbons (Fsp3) is 0.160. The van der Waals surface area contributed by atoms with Crippen molar-refractivity contribution in [1.82, 2.24) is 0 Å². The highest BCUT2D eigenvalue weighted by atomic mass is 16.5. The molecule has 0 saturated carbocycles. The summed E-state index contributed by atoms with van der Waals surface area (Å²) >= 11 is 0. The lowest BCUT2D eigenvalue weighted by Gasteiger charge is -2.24. The number of ether oxygens (including phenoxy) is 1. The molecule has 0 aromatic heterocycles. The summed E-state index contributed by atoms with van der Waals surface area (Å²) in [5.41, 5.74) is 3.83. The van der Waals surface area contributed by atoms with E-state index in [1.54, 1.807) is 6.08 Å². The maximum atomic E-state index is 12.9. The van der Waals surface area contributed by atoms with Crippen LogP contribution in [-0.2, 0) is 5.41 Å². The van der Waals surface area contributed by atoms with Gasteiger partial charge in [0.2, 0.25) is 0 Å². The second kappa shape index (κ2) is 7.01. The molecular weight excluding hydrogens is 346 g/mol. The molecule has 3 nitrogen and oxygen atoms in total. The summed E-state index contributed by atoms with van der Waals surface area (Å²) in [7, 11) is 2.02. The number of carbonyl (C=O) groups excluding carboxylic acids is 1.